The van der Waals surface area contributed by atoms with E-state index in [0.717, 1.165) is 45.1 Å². The molecule has 25 heavy (non-hydrogen) atoms. The molecule has 2 aliphatic rings. The lowest BCUT2D eigenvalue weighted by Crippen LogP contribution is -2.39. The topological polar surface area (TPSA) is 29.5 Å². The molecule has 2 heterocycles. The number of benzene rings is 1. The zero-order chi connectivity index (χ0) is 17.4. The number of carbonyl (C=O) groups excluding carboxylic acids is 1. The molecular formula is C20H24ClNO2S. The van der Waals surface area contributed by atoms with Gasteiger partial charge in [0.1, 0.15) is 5.75 Å². The summed E-state index contributed by atoms with van der Waals surface area (Å²) in [6.07, 6.45) is 7.95. The van der Waals surface area contributed by atoms with Crippen molar-refractivity contribution >= 4 is 38.9 Å². The predicted molar refractivity (Wildman–Crippen MR) is 104 cm³/mol. The van der Waals surface area contributed by atoms with Gasteiger partial charge in [-0.25, -0.2) is 0 Å². The summed E-state index contributed by atoms with van der Waals surface area (Å²) in [4.78, 5) is 16.2. The number of rotatable bonds is 4. The van der Waals surface area contributed by atoms with Crippen LogP contribution in [0, 0.1) is 5.92 Å². The molecule has 0 N–H and O–H groups in total. The van der Waals surface area contributed by atoms with E-state index < -0.39 is 0 Å². The van der Waals surface area contributed by atoms with Gasteiger partial charge in [0.05, 0.1) is 12.1 Å². The lowest BCUT2D eigenvalue weighted by molar-refractivity contribution is -0.133. The van der Waals surface area contributed by atoms with Crippen LogP contribution in [0.4, 0.5) is 0 Å². The molecule has 1 atom stereocenters. The highest BCUT2D eigenvalue weighted by atomic mass is 35.5. The average Bonchev–Trinajstić information content (AvgIpc) is 3.16. The first-order chi connectivity index (χ1) is 12.2. The van der Waals surface area contributed by atoms with E-state index in [2.05, 4.69) is 4.90 Å². The molecule has 0 radical (unpaired) electrons. The summed E-state index contributed by atoms with van der Waals surface area (Å²) < 4.78 is 6.44. The third kappa shape index (κ3) is 3.26. The summed E-state index contributed by atoms with van der Waals surface area (Å²) in [5.74, 6) is 1.28. The first-order valence-corrected chi connectivity index (χ1v) is 10.4. The molecule has 1 amide bonds. The number of halogens is 1. The van der Waals surface area contributed by atoms with Crippen molar-refractivity contribution in [2.75, 3.05) is 13.7 Å². The standard InChI is InChI=1S/C20H24ClNO2S/c1-24-15-7-8-16-17(12-15)25-18(19(16)21)11-13-9-10-22(20(13)23)14-5-3-2-4-6-14/h7-8,12-14H,2-6,9-11H2,1H3. The van der Waals surface area contributed by atoms with E-state index in [-0.39, 0.29) is 5.92 Å². The second-order valence-corrected chi connectivity index (χ2v) is 8.73. The molecule has 2 aromatic rings. The highest BCUT2D eigenvalue weighted by molar-refractivity contribution is 7.19. The van der Waals surface area contributed by atoms with Gasteiger partial charge in [-0.05, 0) is 43.9 Å². The fourth-order valence-electron chi connectivity index (χ4n) is 4.29. The number of hydrogen-bond acceptors (Lipinski definition) is 3. The van der Waals surface area contributed by atoms with Crippen LogP contribution in [0.3, 0.4) is 0 Å². The summed E-state index contributed by atoms with van der Waals surface area (Å²) >= 11 is 8.31. The Morgan fingerprint density at radius 2 is 2.04 bits per heavy atom. The van der Waals surface area contributed by atoms with E-state index in [1.54, 1.807) is 18.4 Å². The third-order valence-electron chi connectivity index (χ3n) is 5.70. The van der Waals surface area contributed by atoms with Crippen molar-refractivity contribution in [3.63, 3.8) is 0 Å². The molecule has 0 bridgehead atoms. The SMILES string of the molecule is COc1ccc2c(Cl)c(CC3CCN(C4CCCCC4)C3=O)sc2c1. The van der Waals surface area contributed by atoms with Gasteiger partial charge < -0.3 is 9.64 Å². The number of nitrogens with zero attached hydrogens (tertiary/aromatic N) is 1. The Kier molecular flexibility index (Phi) is 4.92. The van der Waals surface area contributed by atoms with Crippen LogP contribution >= 0.6 is 22.9 Å². The van der Waals surface area contributed by atoms with Gasteiger partial charge in [0, 0.05) is 33.5 Å². The second-order valence-electron chi connectivity index (χ2n) is 7.21. The molecule has 1 saturated heterocycles. The summed E-state index contributed by atoms with van der Waals surface area (Å²) in [7, 11) is 1.67. The highest BCUT2D eigenvalue weighted by Gasteiger charge is 2.36. The van der Waals surface area contributed by atoms with Gasteiger partial charge in [-0.15, -0.1) is 11.3 Å². The Bertz CT molecular complexity index is 781. The number of ether oxygens (including phenoxy) is 1. The van der Waals surface area contributed by atoms with Gasteiger partial charge in [-0.2, -0.15) is 0 Å². The number of methoxy groups -OCH3 is 1. The molecule has 1 aliphatic heterocycles. The molecule has 3 nitrogen and oxygen atoms in total. The molecule has 1 saturated carbocycles. The second kappa shape index (κ2) is 7.16. The molecule has 5 heteroatoms. The largest absolute Gasteiger partial charge is 0.497 e. The van der Waals surface area contributed by atoms with Crippen LogP contribution in [-0.4, -0.2) is 30.5 Å². The summed E-state index contributed by atoms with van der Waals surface area (Å²) in [6.45, 7) is 0.921. The normalized spacial score (nSPS) is 22.1. The molecule has 134 valence electrons. The zero-order valence-corrected chi connectivity index (χ0v) is 16.2. The molecule has 0 spiro atoms. The first-order valence-electron chi connectivity index (χ1n) is 9.23. The third-order valence-corrected chi connectivity index (χ3v) is 7.42. The Morgan fingerprint density at radius 1 is 1.24 bits per heavy atom. The van der Waals surface area contributed by atoms with Crippen LogP contribution in [0.2, 0.25) is 5.02 Å². The molecule has 2 fully saturated rings. The van der Waals surface area contributed by atoms with E-state index in [0.29, 0.717) is 11.9 Å². The van der Waals surface area contributed by atoms with Crippen LogP contribution in [0.15, 0.2) is 18.2 Å². The van der Waals surface area contributed by atoms with Crippen molar-refractivity contribution in [1.29, 1.82) is 0 Å². The Balaban J connectivity index is 1.51. The van der Waals surface area contributed by atoms with Crippen molar-refractivity contribution in [1.82, 2.24) is 4.90 Å². The molecule has 1 aromatic heterocycles. The van der Waals surface area contributed by atoms with E-state index in [9.17, 15) is 4.79 Å². The molecule has 4 rings (SSSR count). The van der Waals surface area contributed by atoms with E-state index in [4.69, 9.17) is 16.3 Å². The number of carbonyl (C=O) groups is 1. The molecule has 1 aromatic carbocycles. The lowest BCUT2D eigenvalue weighted by Gasteiger charge is -2.31. The summed E-state index contributed by atoms with van der Waals surface area (Å²) in [5.41, 5.74) is 0. The van der Waals surface area contributed by atoms with Crippen molar-refractivity contribution in [3.05, 3.63) is 28.1 Å². The fraction of sp³-hybridized carbons (Fsp3) is 0.550. The maximum atomic E-state index is 12.9. The average molecular weight is 378 g/mol. The van der Waals surface area contributed by atoms with Crippen LogP contribution in [0.1, 0.15) is 43.4 Å². The van der Waals surface area contributed by atoms with E-state index in [1.807, 2.05) is 18.2 Å². The maximum absolute atomic E-state index is 12.9. The fourth-order valence-corrected chi connectivity index (χ4v) is 5.90. The quantitative estimate of drug-likeness (QED) is 0.724. The highest BCUT2D eigenvalue weighted by Crippen LogP contribution is 2.40. The number of fused-ring (bicyclic) bond motifs is 1. The minimum atomic E-state index is 0.0920. The smallest absolute Gasteiger partial charge is 0.226 e. The summed E-state index contributed by atoms with van der Waals surface area (Å²) in [6, 6.07) is 6.46. The van der Waals surface area contributed by atoms with E-state index >= 15 is 0 Å². The van der Waals surface area contributed by atoms with Crippen LogP contribution in [0.5, 0.6) is 5.75 Å². The van der Waals surface area contributed by atoms with Crippen molar-refractivity contribution in [2.45, 2.75) is 51.0 Å². The monoisotopic (exact) mass is 377 g/mol. The minimum absolute atomic E-state index is 0.0920. The number of thiophene rings is 1. The van der Waals surface area contributed by atoms with Crippen molar-refractivity contribution in [3.8, 4) is 5.75 Å². The maximum Gasteiger partial charge on any atom is 0.226 e. The van der Waals surface area contributed by atoms with Gasteiger partial charge in [0.2, 0.25) is 5.91 Å². The van der Waals surface area contributed by atoms with Crippen molar-refractivity contribution in [2.24, 2.45) is 5.92 Å². The Hall–Kier alpha value is -1.26. The summed E-state index contributed by atoms with van der Waals surface area (Å²) in [5, 5.41) is 1.88. The van der Waals surface area contributed by atoms with E-state index in [1.165, 1.54) is 32.1 Å². The zero-order valence-electron chi connectivity index (χ0n) is 14.6. The first kappa shape index (κ1) is 17.2. The number of likely N-dealkylation sites (tertiary alicyclic amines) is 1. The molecular weight excluding hydrogens is 354 g/mol. The lowest BCUT2D eigenvalue weighted by atomic mass is 9.94. The number of hydrogen-bond donors (Lipinski definition) is 0. The van der Waals surface area contributed by atoms with Gasteiger partial charge in [0.15, 0.2) is 0 Å². The van der Waals surface area contributed by atoms with Crippen LogP contribution < -0.4 is 4.74 Å². The number of amides is 1. The molecule has 1 unspecified atom stereocenters. The Morgan fingerprint density at radius 3 is 2.80 bits per heavy atom. The predicted octanol–water partition coefficient (Wildman–Crippen LogP) is 5.29. The van der Waals surface area contributed by atoms with Crippen molar-refractivity contribution < 1.29 is 9.53 Å². The van der Waals surface area contributed by atoms with Crippen LogP contribution in [-0.2, 0) is 11.2 Å². The van der Waals surface area contributed by atoms with Gasteiger partial charge >= 0.3 is 0 Å². The van der Waals surface area contributed by atoms with Gasteiger partial charge in [-0.1, -0.05) is 30.9 Å². The minimum Gasteiger partial charge on any atom is -0.497 e. The van der Waals surface area contributed by atoms with Gasteiger partial charge in [0.25, 0.3) is 0 Å². The Labute approximate surface area is 157 Å². The molecule has 1 aliphatic carbocycles. The van der Waals surface area contributed by atoms with Crippen LogP contribution in [0.25, 0.3) is 10.1 Å². The van der Waals surface area contributed by atoms with Gasteiger partial charge in [-0.3, -0.25) is 4.79 Å².